The van der Waals surface area contributed by atoms with Crippen LogP contribution in [-0.2, 0) is 11.3 Å². The highest BCUT2D eigenvalue weighted by Gasteiger charge is 2.22. The van der Waals surface area contributed by atoms with Crippen molar-refractivity contribution < 1.29 is 9.59 Å². The summed E-state index contributed by atoms with van der Waals surface area (Å²) in [5, 5.41) is 6.69. The molecule has 1 aromatic carbocycles. The van der Waals surface area contributed by atoms with Gasteiger partial charge in [0, 0.05) is 39.8 Å². The Morgan fingerprint density at radius 2 is 1.67 bits per heavy atom. The molecule has 168 valence electrons. The van der Waals surface area contributed by atoms with Crippen molar-refractivity contribution >= 4 is 41.8 Å². The van der Waals surface area contributed by atoms with Crippen LogP contribution in [0.2, 0.25) is 0 Å². The first-order valence-electron chi connectivity index (χ1n) is 10.3. The maximum Gasteiger partial charge on any atom is 0.253 e. The minimum Gasteiger partial charge on any atom is -0.353 e. The number of hydrogen-bond acceptors (Lipinski definition) is 3. The summed E-state index contributed by atoms with van der Waals surface area (Å²) in [5.41, 5.74) is 1.67. The zero-order chi connectivity index (χ0) is 21.4. The molecule has 0 aliphatic heterocycles. The fraction of sp³-hybridized carbons (Fsp3) is 0.591. The molecule has 30 heavy (non-hydrogen) atoms. The Hall–Kier alpha value is -1.84. The zero-order valence-corrected chi connectivity index (χ0v) is 21.1. The van der Waals surface area contributed by atoms with Crippen molar-refractivity contribution in [1.29, 1.82) is 0 Å². The van der Waals surface area contributed by atoms with Crippen molar-refractivity contribution in [1.82, 2.24) is 20.4 Å². The van der Waals surface area contributed by atoms with Crippen LogP contribution in [0.15, 0.2) is 29.3 Å². The van der Waals surface area contributed by atoms with Gasteiger partial charge in [-0.1, -0.05) is 31.9 Å². The van der Waals surface area contributed by atoms with Gasteiger partial charge in [-0.05, 0) is 36.5 Å². The van der Waals surface area contributed by atoms with Gasteiger partial charge in [-0.3, -0.25) is 9.59 Å². The number of nitrogens with zero attached hydrogens (tertiary/aromatic N) is 3. The Bertz CT molecular complexity index is 719. The highest BCUT2D eigenvalue weighted by atomic mass is 127. The van der Waals surface area contributed by atoms with E-state index in [1.807, 2.05) is 24.3 Å². The number of nitrogens with one attached hydrogen (secondary N) is 2. The summed E-state index contributed by atoms with van der Waals surface area (Å²) < 4.78 is 0. The van der Waals surface area contributed by atoms with Gasteiger partial charge >= 0.3 is 0 Å². The molecule has 7 nitrogen and oxygen atoms in total. The summed E-state index contributed by atoms with van der Waals surface area (Å²) in [4.78, 5) is 31.8. The Balaban J connectivity index is 0.00000450. The van der Waals surface area contributed by atoms with E-state index in [0.29, 0.717) is 30.0 Å². The van der Waals surface area contributed by atoms with Crippen LogP contribution in [0.4, 0.5) is 0 Å². The molecule has 2 rings (SSSR count). The minimum atomic E-state index is -0.0162. The molecule has 1 saturated carbocycles. The lowest BCUT2D eigenvalue weighted by molar-refractivity contribution is -0.127. The minimum absolute atomic E-state index is 0. The fourth-order valence-electron chi connectivity index (χ4n) is 3.36. The highest BCUT2D eigenvalue weighted by Crippen LogP contribution is 2.23. The third-order valence-electron chi connectivity index (χ3n) is 5.37. The monoisotopic (exact) mass is 529 g/mol. The van der Waals surface area contributed by atoms with Crippen molar-refractivity contribution in [2.75, 3.05) is 34.7 Å². The molecular formula is C22H36IN5O2. The lowest BCUT2D eigenvalue weighted by atomic mass is 9.86. The first kappa shape index (κ1) is 26.2. The number of carbonyl (C=O) groups is 2. The standard InChI is InChI=1S/C22H35N5O2.HI/c1-16-8-6-7-9-19(16)25-22(24-15-20(28)26(2)3)23-14-17-10-12-18(13-11-17)21(29)27(4)5;/h10-13,16,19H,6-9,14-15H2,1-5H3,(H2,23,24,25);1H. The number of rotatable bonds is 6. The molecule has 0 saturated heterocycles. The number of guanidine groups is 1. The number of carbonyl (C=O) groups excluding carboxylic acids is 2. The summed E-state index contributed by atoms with van der Waals surface area (Å²) in [7, 11) is 6.97. The molecule has 1 aliphatic carbocycles. The number of benzene rings is 1. The van der Waals surface area contributed by atoms with E-state index in [2.05, 4.69) is 17.6 Å². The van der Waals surface area contributed by atoms with Crippen molar-refractivity contribution in [3.05, 3.63) is 35.4 Å². The van der Waals surface area contributed by atoms with Gasteiger partial charge in [-0.2, -0.15) is 0 Å². The predicted octanol–water partition coefficient (Wildman–Crippen LogP) is 2.71. The number of hydrogen-bond donors (Lipinski definition) is 2. The van der Waals surface area contributed by atoms with E-state index in [-0.39, 0.29) is 42.3 Å². The van der Waals surface area contributed by atoms with Crippen LogP contribution < -0.4 is 10.6 Å². The second-order valence-corrected chi connectivity index (χ2v) is 8.22. The zero-order valence-electron chi connectivity index (χ0n) is 18.8. The van der Waals surface area contributed by atoms with E-state index in [4.69, 9.17) is 4.99 Å². The average molecular weight is 529 g/mol. The fourth-order valence-corrected chi connectivity index (χ4v) is 3.36. The van der Waals surface area contributed by atoms with Gasteiger partial charge in [0.15, 0.2) is 5.96 Å². The lowest BCUT2D eigenvalue weighted by Crippen LogP contribution is -2.49. The van der Waals surface area contributed by atoms with Gasteiger partial charge in [0.2, 0.25) is 5.91 Å². The molecule has 1 aliphatic rings. The van der Waals surface area contributed by atoms with Gasteiger partial charge in [0.25, 0.3) is 5.91 Å². The van der Waals surface area contributed by atoms with E-state index in [1.54, 1.807) is 38.0 Å². The van der Waals surface area contributed by atoms with E-state index < -0.39 is 0 Å². The normalized spacial score (nSPS) is 18.8. The summed E-state index contributed by atoms with van der Waals surface area (Å²) in [6.07, 6.45) is 4.82. The molecule has 1 aromatic rings. The van der Waals surface area contributed by atoms with E-state index in [9.17, 15) is 9.59 Å². The van der Waals surface area contributed by atoms with Gasteiger partial charge < -0.3 is 20.4 Å². The first-order valence-corrected chi connectivity index (χ1v) is 10.3. The Labute approximate surface area is 197 Å². The summed E-state index contributed by atoms with van der Waals surface area (Å²) in [6.45, 7) is 2.94. The van der Waals surface area contributed by atoms with E-state index in [0.717, 1.165) is 12.0 Å². The van der Waals surface area contributed by atoms with Crippen molar-refractivity contribution in [2.24, 2.45) is 10.9 Å². The van der Waals surface area contributed by atoms with Crippen LogP contribution in [0.25, 0.3) is 0 Å². The third kappa shape index (κ3) is 8.12. The van der Waals surface area contributed by atoms with Crippen LogP contribution in [0, 0.1) is 5.92 Å². The van der Waals surface area contributed by atoms with Crippen molar-refractivity contribution in [2.45, 2.75) is 45.2 Å². The number of amides is 2. The topological polar surface area (TPSA) is 77.0 Å². The van der Waals surface area contributed by atoms with E-state index in [1.165, 1.54) is 19.3 Å². The number of likely N-dealkylation sites (N-methyl/N-ethyl adjacent to an activating group) is 1. The molecule has 0 aromatic heterocycles. The van der Waals surface area contributed by atoms with Crippen LogP contribution >= 0.6 is 24.0 Å². The van der Waals surface area contributed by atoms with Crippen LogP contribution in [0.5, 0.6) is 0 Å². The molecule has 2 amide bonds. The molecule has 0 radical (unpaired) electrons. The van der Waals surface area contributed by atoms with Crippen LogP contribution in [0.3, 0.4) is 0 Å². The summed E-state index contributed by atoms with van der Waals surface area (Å²) in [6, 6.07) is 7.86. The van der Waals surface area contributed by atoms with Gasteiger partial charge in [0.1, 0.15) is 0 Å². The second-order valence-electron chi connectivity index (χ2n) is 8.22. The predicted molar refractivity (Wildman–Crippen MR) is 132 cm³/mol. The Morgan fingerprint density at radius 1 is 1.03 bits per heavy atom. The molecule has 1 fully saturated rings. The molecule has 2 N–H and O–H groups in total. The average Bonchev–Trinajstić information content (AvgIpc) is 2.70. The second kappa shape index (κ2) is 12.8. The van der Waals surface area contributed by atoms with E-state index >= 15 is 0 Å². The Kier molecular flexibility index (Phi) is 11.1. The van der Waals surface area contributed by atoms with Gasteiger partial charge in [-0.15, -0.1) is 24.0 Å². The van der Waals surface area contributed by atoms with Gasteiger partial charge in [0.05, 0.1) is 13.1 Å². The summed E-state index contributed by atoms with van der Waals surface area (Å²) in [5.74, 6) is 1.23. The number of halogens is 1. The third-order valence-corrected chi connectivity index (χ3v) is 5.37. The molecular weight excluding hydrogens is 493 g/mol. The first-order chi connectivity index (χ1) is 13.8. The van der Waals surface area contributed by atoms with Crippen molar-refractivity contribution in [3.63, 3.8) is 0 Å². The molecule has 8 heteroatoms. The largest absolute Gasteiger partial charge is 0.353 e. The summed E-state index contributed by atoms with van der Waals surface area (Å²) >= 11 is 0. The smallest absolute Gasteiger partial charge is 0.253 e. The molecule has 0 heterocycles. The van der Waals surface area contributed by atoms with Crippen LogP contribution in [0.1, 0.15) is 48.5 Å². The van der Waals surface area contributed by atoms with Crippen molar-refractivity contribution in [3.8, 4) is 0 Å². The SMILES string of the molecule is CC1CCCCC1NC(=NCc1ccc(C(=O)N(C)C)cc1)NCC(=O)N(C)C.I. The molecule has 2 atom stereocenters. The van der Waals surface area contributed by atoms with Gasteiger partial charge in [-0.25, -0.2) is 4.99 Å². The quantitative estimate of drug-likeness (QED) is 0.338. The molecule has 0 bridgehead atoms. The molecule has 2 unspecified atom stereocenters. The molecule has 0 spiro atoms. The Morgan fingerprint density at radius 3 is 2.23 bits per heavy atom. The number of aliphatic imine (C=N–C) groups is 1. The van der Waals surface area contributed by atoms with Crippen LogP contribution in [-0.4, -0.2) is 68.4 Å². The maximum absolute atomic E-state index is 12.0. The lowest BCUT2D eigenvalue weighted by Gasteiger charge is -2.31. The maximum atomic E-state index is 12.0. The highest BCUT2D eigenvalue weighted by molar-refractivity contribution is 14.0.